The number of aromatic nitrogens is 3. The summed E-state index contributed by atoms with van der Waals surface area (Å²) in [6.07, 6.45) is 1.97. The van der Waals surface area contributed by atoms with Crippen molar-refractivity contribution in [2.24, 2.45) is 5.73 Å². The van der Waals surface area contributed by atoms with Gasteiger partial charge < -0.3 is 10.6 Å². The standard InChI is InChI=1S/C16H21N5O/c1-11-18-12(2)21(19-11)15-7-5-13(6-8-15)16(22)20-9-3-4-14(17)10-20/h5-8,14H,3-4,9-10,17H2,1-2H3/t14-/m0/s1. The second-order valence-electron chi connectivity index (χ2n) is 5.82. The summed E-state index contributed by atoms with van der Waals surface area (Å²) in [4.78, 5) is 18.6. The molecule has 1 aliphatic rings. The maximum atomic E-state index is 12.5. The maximum absolute atomic E-state index is 12.5. The van der Waals surface area contributed by atoms with Gasteiger partial charge in [-0.3, -0.25) is 4.79 Å². The van der Waals surface area contributed by atoms with E-state index in [2.05, 4.69) is 10.1 Å². The van der Waals surface area contributed by atoms with Crippen molar-refractivity contribution >= 4 is 5.91 Å². The average molecular weight is 299 g/mol. The fourth-order valence-corrected chi connectivity index (χ4v) is 2.89. The molecule has 2 aromatic rings. The SMILES string of the molecule is Cc1nc(C)n(-c2ccc(C(=O)N3CCC[C@H](N)C3)cc2)n1. The number of carbonyl (C=O) groups excluding carboxylic acids is 1. The first-order valence-electron chi connectivity index (χ1n) is 7.60. The molecule has 0 unspecified atom stereocenters. The van der Waals surface area contributed by atoms with E-state index in [1.807, 2.05) is 43.0 Å². The Morgan fingerprint density at radius 1 is 1.27 bits per heavy atom. The number of likely N-dealkylation sites (tertiary alicyclic amines) is 1. The molecule has 0 radical (unpaired) electrons. The van der Waals surface area contributed by atoms with Gasteiger partial charge in [-0.1, -0.05) is 0 Å². The molecule has 2 heterocycles. The van der Waals surface area contributed by atoms with Gasteiger partial charge in [-0.2, -0.15) is 5.10 Å². The van der Waals surface area contributed by atoms with Crippen LogP contribution in [0.5, 0.6) is 0 Å². The van der Waals surface area contributed by atoms with Crippen LogP contribution < -0.4 is 5.73 Å². The van der Waals surface area contributed by atoms with Gasteiger partial charge in [-0.05, 0) is 51.0 Å². The summed E-state index contributed by atoms with van der Waals surface area (Å²) in [5.74, 6) is 1.62. The molecule has 6 nitrogen and oxygen atoms in total. The van der Waals surface area contributed by atoms with Gasteiger partial charge in [0, 0.05) is 24.7 Å². The minimum atomic E-state index is 0.0493. The van der Waals surface area contributed by atoms with Crippen molar-refractivity contribution in [3.05, 3.63) is 41.5 Å². The van der Waals surface area contributed by atoms with Crippen molar-refractivity contribution in [3.63, 3.8) is 0 Å². The van der Waals surface area contributed by atoms with Crippen molar-refractivity contribution in [2.45, 2.75) is 32.7 Å². The lowest BCUT2D eigenvalue weighted by Gasteiger charge is -2.30. The molecule has 2 N–H and O–H groups in total. The van der Waals surface area contributed by atoms with Gasteiger partial charge in [0.05, 0.1) is 5.69 Å². The summed E-state index contributed by atoms with van der Waals surface area (Å²) in [7, 11) is 0. The Morgan fingerprint density at radius 2 is 2.00 bits per heavy atom. The van der Waals surface area contributed by atoms with Gasteiger partial charge >= 0.3 is 0 Å². The molecule has 1 aromatic heterocycles. The number of amides is 1. The monoisotopic (exact) mass is 299 g/mol. The van der Waals surface area contributed by atoms with Crippen LogP contribution in [-0.2, 0) is 0 Å². The Kier molecular flexibility index (Phi) is 3.94. The molecule has 22 heavy (non-hydrogen) atoms. The topological polar surface area (TPSA) is 77.0 Å². The van der Waals surface area contributed by atoms with E-state index in [0.29, 0.717) is 12.1 Å². The van der Waals surface area contributed by atoms with Gasteiger partial charge in [0.1, 0.15) is 11.6 Å². The van der Waals surface area contributed by atoms with Crippen LogP contribution >= 0.6 is 0 Å². The summed E-state index contributed by atoms with van der Waals surface area (Å²) in [6.45, 7) is 5.20. The zero-order valence-corrected chi connectivity index (χ0v) is 13.0. The highest BCUT2D eigenvalue weighted by molar-refractivity contribution is 5.94. The van der Waals surface area contributed by atoms with Crippen LogP contribution in [0.3, 0.4) is 0 Å². The van der Waals surface area contributed by atoms with E-state index >= 15 is 0 Å². The van der Waals surface area contributed by atoms with Crippen molar-refractivity contribution in [2.75, 3.05) is 13.1 Å². The van der Waals surface area contributed by atoms with Crippen LogP contribution in [0.25, 0.3) is 5.69 Å². The average Bonchev–Trinajstić information content (AvgIpc) is 2.85. The molecule has 1 aromatic carbocycles. The minimum absolute atomic E-state index is 0.0493. The number of nitrogens with two attached hydrogens (primary N) is 1. The largest absolute Gasteiger partial charge is 0.337 e. The molecule has 1 fully saturated rings. The quantitative estimate of drug-likeness (QED) is 0.910. The summed E-state index contributed by atoms with van der Waals surface area (Å²) in [5, 5.41) is 4.35. The Labute approximate surface area is 129 Å². The third-order valence-electron chi connectivity index (χ3n) is 3.98. The number of benzene rings is 1. The first-order valence-corrected chi connectivity index (χ1v) is 7.60. The second-order valence-corrected chi connectivity index (χ2v) is 5.82. The Morgan fingerprint density at radius 3 is 2.59 bits per heavy atom. The molecule has 0 saturated carbocycles. The fraction of sp³-hybridized carbons (Fsp3) is 0.438. The molecule has 1 amide bonds. The number of nitrogens with zero attached hydrogens (tertiary/aromatic N) is 4. The Bertz CT molecular complexity index is 676. The first kappa shape index (κ1) is 14.7. The second kappa shape index (κ2) is 5.88. The molecule has 1 aliphatic heterocycles. The van der Waals surface area contributed by atoms with E-state index in [-0.39, 0.29) is 11.9 Å². The molecule has 116 valence electrons. The first-order chi connectivity index (χ1) is 10.5. The van der Waals surface area contributed by atoms with E-state index in [9.17, 15) is 4.79 Å². The smallest absolute Gasteiger partial charge is 0.253 e. The zero-order valence-electron chi connectivity index (χ0n) is 13.0. The number of piperidine rings is 1. The van der Waals surface area contributed by atoms with E-state index in [4.69, 9.17) is 5.73 Å². The number of aryl methyl sites for hydroxylation is 2. The van der Waals surface area contributed by atoms with E-state index in [1.54, 1.807) is 4.68 Å². The van der Waals surface area contributed by atoms with Crippen molar-refractivity contribution in [1.82, 2.24) is 19.7 Å². The molecular formula is C16H21N5O. The third-order valence-corrected chi connectivity index (χ3v) is 3.98. The molecule has 3 rings (SSSR count). The Balaban J connectivity index is 1.79. The zero-order chi connectivity index (χ0) is 15.7. The molecule has 6 heteroatoms. The lowest BCUT2D eigenvalue weighted by molar-refractivity contribution is 0.0709. The number of rotatable bonds is 2. The summed E-state index contributed by atoms with van der Waals surface area (Å²) in [5.41, 5.74) is 7.54. The predicted octanol–water partition coefficient (Wildman–Crippen LogP) is 1.45. The molecule has 1 atom stereocenters. The van der Waals surface area contributed by atoms with Crippen LogP contribution in [0.4, 0.5) is 0 Å². The van der Waals surface area contributed by atoms with Gasteiger partial charge in [-0.25, -0.2) is 9.67 Å². The molecule has 0 aliphatic carbocycles. The van der Waals surface area contributed by atoms with Gasteiger partial charge in [0.15, 0.2) is 0 Å². The van der Waals surface area contributed by atoms with E-state index < -0.39 is 0 Å². The normalized spacial score (nSPS) is 18.5. The predicted molar refractivity (Wildman–Crippen MR) is 83.9 cm³/mol. The molecule has 0 bridgehead atoms. The van der Waals surface area contributed by atoms with Gasteiger partial charge in [0.2, 0.25) is 0 Å². The van der Waals surface area contributed by atoms with E-state index in [0.717, 1.165) is 36.7 Å². The van der Waals surface area contributed by atoms with Crippen LogP contribution in [0.2, 0.25) is 0 Å². The number of carbonyl (C=O) groups is 1. The molecule has 1 saturated heterocycles. The maximum Gasteiger partial charge on any atom is 0.253 e. The highest BCUT2D eigenvalue weighted by Crippen LogP contribution is 2.15. The van der Waals surface area contributed by atoms with Crippen molar-refractivity contribution < 1.29 is 4.79 Å². The van der Waals surface area contributed by atoms with Crippen LogP contribution in [0, 0.1) is 13.8 Å². The van der Waals surface area contributed by atoms with Crippen LogP contribution in [-0.4, -0.2) is 44.7 Å². The third kappa shape index (κ3) is 2.87. The molecular weight excluding hydrogens is 278 g/mol. The van der Waals surface area contributed by atoms with Crippen molar-refractivity contribution in [1.29, 1.82) is 0 Å². The highest BCUT2D eigenvalue weighted by atomic mass is 16.2. The Hall–Kier alpha value is -2.21. The van der Waals surface area contributed by atoms with Crippen LogP contribution in [0.1, 0.15) is 34.8 Å². The summed E-state index contributed by atoms with van der Waals surface area (Å²) >= 11 is 0. The van der Waals surface area contributed by atoms with Crippen LogP contribution in [0.15, 0.2) is 24.3 Å². The lowest BCUT2D eigenvalue weighted by atomic mass is 10.1. The van der Waals surface area contributed by atoms with E-state index in [1.165, 1.54) is 0 Å². The molecule has 0 spiro atoms. The van der Waals surface area contributed by atoms with Gasteiger partial charge in [0.25, 0.3) is 5.91 Å². The fourth-order valence-electron chi connectivity index (χ4n) is 2.89. The van der Waals surface area contributed by atoms with Crippen molar-refractivity contribution in [3.8, 4) is 5.69 Å². The number of hydrogen-bond donors (Lipinski definition) is 1. The van der Waals surface area contributed by atoms with Gasteiger partial charge in [-0.15, -0.1) is 0 Å². The minimum Gasteiger partial charge on any atom is -0.337 e. The summed E-state index contributed by atoms with van der Waals surface area (Å²) < 4.78 is 1.78. The number of hydrogen-bond acceptors (Lipinski definition) is 4. The highest BCUT2D eigenvalue weighted by Gasteiger charge is 2.22. The summed E-state index contributed by atoms with van der Waals surface area (Å²) in [6, 6.07) is 7.58. The lowest BCUT2D eigenvalue weighted by Crippen LogP contribution is -2.45.